The Kier molecular flexibility index (Phi) is 1.70. The molecule has 0 fully saturated rings. The Morgan fingerprint density at radius 3 is 1.33 bits per heavy atom. The highest BCUT2D eigenvalue weighted by molar-refractivity contribution is 4.46. The van der Waals surface area contributed by atoms with E-state index in [1.807, 2.05) is 0 Å². The second-order valence-corrected chi connectivity index (χ2v) is 2.01. The summed E-state index contributed by atoms with van der Waals surface area (Å²) in [5.74, 6) is 0. The van der Waals surface area contributed by atoms with Crippen molar-refractivity contribution in [2.24, 2.45) is 0 Å². The van der Waals surface area contributed by atoms with E-state index in [0.29, 0.717) is 0 Å². The molecule has 0 radical (unpaired) electrons. The van der Waals surface area contributed by atoms with Crippen LogP contribution in [0, 0.1) is 20.2 Å². The van der Waals surface area contributed by atoms with Crippen molar-refractivity contribution in [3.63, 3.8) is 0 Å². The summed E-state index contributed by atoms with van der Waals surface area (Å²) in [7, 11) is 0. The van der Waals surface area contributed by atoms with Crippen LogP contribution in [0.3, 0.4) is 0 Å². The lowest BCUT2D eigenvalue weighted by Crippen LogP contribution is -2.39. The Bertz CT molecular complexity index is 136. The summed E-state index contributed by atoms with van der Waals surface area (Å²) in [6.07, 6.45) is 0. The van der Waals surface area contributed by atoms with Crippen molar-refractivity contribution in [1.82, 2.24) is 0 Å². The summed E-state index contributed by atoms with van der Waals surface area (Å²) in [6, 6.07) is 0. The fourth-order valence-electron chi connectivity index (χ4n) is 0.0667. The molecule has 0 atom stereocenters. The maximum absolute atomic E-state index is 9.83. The number of hydrogen-bond acceptors (Lipinski definition) is 4. The average Bonchev–Trinajstić information content (AvgIpc) is 1.65. The molecule has 0 N–H and O–H groups in total. The molecule has 0 saturated carbocycles. The van der Waals surface area contributed by atoms with E-state index in [4.69, 9.17) is 0 Å². The highest BCUT2D eigenvalue weighted by atomic mass is 16.7. The molecule has 0 aliphatic rings. The lowest BCUT2D eigenvalue weighted by atomic mass is 10.3. The first-order chi connectivity index (χ1) is 3.89. The summed E-state index contributed by atoms with van der Waals surface area (Å²) in [5, 5.41) is 19.7. The Hall–Kier alpha value is -1.20. The van der Waals surface area contributed by atoms with Gasteiger partial charge >= 0.3 is 5.66 Å². The lowest BCUT2D eigenvalue weighted by Gasteiger charge is -2.04. The van der Waals surface area contributed by atoms with Gasteiger partial charge in [-0.25, -0.2) is 0 Å². The van der Waals surface area contributed by atoms with Gasteiger partial charge in [-0.05, 0) is 0 Å². The van der Waals surface area contributed by atoms with Gasteiger partial charge in [0.2, 0.25) is 0 Å². The van der Waals surface area contributed by atoms with Gasteiger partial charge in [0.15, 0.2) is 0 Å². The molecule has 52 valence electrons. The van der Waals surface area contributed by atoms with Crippen LogP contribution < -0.4 is 0 Å². The maximum Gasteiger partial charge on any atom is 0.453 e. The molecule has 0 unspecified atom stereocenters. The largest absolute Gasteiger partial charge is 0.453 e. The van der Waals surface area contributed by atoms with Gasteiger partial charge in [-0.2, -0.15) is 0 Å². The van der Waals surface area contributed by atoms with Crippen molar-refractivity contribution in [1.29, 1.82) is 0 Å². The monoisotopic (exact) mass is 134 g/mol. The van der Waals surface area contributed by atoms with Crippen LogP contribution in [0.25, 0.3) is 0 Å². The van der Waals surface area contributed by atoms with E-state index < -0.39 is 15.5 Å². The Balaban J connectivity index is 4.38. The van der Waals surface area contributed by atoms with Crippen molar-refractivity contribution >= 4 is 0 Å². The summed E-state index contributed by atoms with van der Waals surface area (Å²) in [6.45, 7) is 1.88. The number of rotatable bonds is 2. The van der Waals surface area contributed by atoms with Gasteiger partial charge in [-0.15, -0.1) is 0 Å². The zero-order valence-corrected chi connectivity index (χ0v) is 5.03. The summed E-state index contributed by atoms with van der Waals surface area (Å²) < 4.78 is 0. The topological polar surface area (TPSA) is 86.3 Å². The van der Waals surface area contributed by atoms with E-state index in [1.165, 1.54) is 0 Å². The Morgan fingerprint density at radius 2 is 1.33 bits per heavy atom. The molecule has 0 spiro atoms. The van der Waals surface area contributed by atoms with Crippen LogP contribution >= 0.6 is 0 Å². The Morgan fingerprint density at radius 1 is 1.11 bits per heavy atom. The van der Waals surface area contributed by atoms with Crippen molar-refractivity contribution in [2.75, 3.05) is 0 Å². The highest BCUT2D eigenvalue weighted by Crippen LogP contribution is 2.06. The molecular weight excluding hydrogens is 128 g/mol. The fourth-order valence-corrected chi connectivity index (χ4v) is 0.0667. The molecule has 0 saturated heterocycles. The van der Waals surface area contributed by atoms with E-state index in [9.17, 15) is 20.2 Å². The molecule has 9 heavy (non-hydrogen) atoms. The van der Waals surface area contributed by atoms with Crippen molar-refractivity contribution in [3.05, 3.63) is 20.2 Å². The predicted octanol–water partition coefficient (Wildman–Crippen LogP) is 0.276. The van der Waals surface area contributed by atoms with Gasteiger partial charge in [-0.3, -0.25) is 20.2 Å². The molecule has 0 aromatic carbocycles. The predicted molar refractivity (Wildman–Crippen MR) is 28.1 cm³/mol. The van der Waals surface area contributed by atoms with Gasteiger partial charge in [0.1, 0.15) is 0 Å². The third kappa shape index (κ3) is 1.34. The van der Waals surface area contributed by atoms with Crippen LogP contribution in [-0.2, 0) is 0 Å². The van der Waals surface area contributed by atoms with E-state index >= 15 is 0 Å². The minimum atomic E-state index is -2.06. The fraction of sp³-hybridized carbons (Fsp3) is 1.00. The quantitative estimate of drug-likeness (QED) is 0.308. The maximum atomic E-state index is 9.83. The Labute approximate surface area is 50.8 Å². The molecule has 0 aromatic rings. The van der Waals surface area contributed by atoms with Gasteiger partial charge in [0, 0.05) is 0 Å². The second-order valence-electron chi connectivity index (χ2n) is 2.01. The second kappa shape index (κ2) is 1.96. The van der Waals surface area contributed by atoms with Crippen molar-refractivity contribution in [2.45, 2.75) is 19.5 Å². The lowest BCUT2D eigenvalue weighted by molar-refractivity contribution is -0.787. The first kappa shape index (κ1) is 7.80. The van der Waals surface area contributed by atoms with Gasteiger partial charge in [-0.1, -0.05) is 0 Å². The van der Waals surface area contributed by atoms with Crippen LogP contribution in [0.15, 0.2) is 0 Å². The van der Waals surface area contributed by atoms with Gasteiger partial charge in [0.25, 0.3) is 0 Å². The SMILES string of the molecule is CC(C)([N+](=O)[O-])[N+](=O)[O-]. The first-order valence-corrected chi connectivity index (χ1v) is 2.18. The molecule has 0 amide bonds. The number of nitro groups is 2. The third-order valence-electron chi connectivity index (χ3n) is 0.894. The third-order valence-corrected chi connectivity index (χ3v) is 0.894. The molecule has 6 heteroatoms. The zero-order valence-electron chi connectivity index (χ0n) is 5.03. The zero-order chi connectivity index (χ0) is 7.65. The van der Waals surface area contributed by atoms with Gasteiger partial charge in [0.05, 0.1) is 23.7 Å². The van der Waals surface area contributed by atoms with E-state index in [-0.39, 0.29) is 0 Å². The summed E-state index contributed by atoms with van der Waals surface area (Å²) in [4.78, 5) is 17.8. The highest BCUT2D eigenvalue weighted by Gasteiger charge is 2.43. The molecular formula is C3H6N2O4. The number of hydrogen-bond donors (Lipinski definition) is 0. The van der Waals surface area contributed by atoms with Crippen LogP contribution in [0.4, 0.5) is 0 Å². The molecule has 0 rings (SSSR count). The summed E-state index contributed by atoms with van der Waals surface area (Å²) in [5.41, 5.74) is -2.06. The number of nitrogens with zero attached hydrogens (tertiary/aromatic N) is 2. The summed E-state index contributed by atoms with van der Waals surface area (Å²) >= 11 is 0. The minimum Gasteiger partial charge on any atom is -0.258 e. The van der Waals surface area contributed by atoms with E-state index in [1.54, 1.807) is 0 Å². The molecule has 0 heterocycles. The minimum absolute atomic E-state index is 0.938. The van der Waals surface area contributed by atoms with E-state index in [0.717, 1.165) is 13.8 Å². The van der Waals surface area contributed by atoms with Crippen LogP contribution in [-0.4, -0.2) is 15.5 Å². The molecule has 6 nitrogen and oxygen atoms in total. The van der Waals surface area contributed by atoms with Crippen molar-refractivity contribution < 1.29 is 9.85 Å². The smallest absolute Gasteiger partial charge is 0.258 e. The van der Waals surface area contributed by atoms with E-state index in [2.05, 4.69) is 0 Å². The molecule has 0 aromatic heterocycles. The molecule has 0 bridgehead atoms. The first-order valence-electron chi connectivity index (χ1n) is 2.18. The molecule has 0 aliphatic heterocycles. The van der Waals surface area contributed by atoms with Crippen LogP contribution in [0.5, 0.6) is 0 Å². The van der Waals surface area contributed by atoms with Gasteiger partial charge < -0.3 is 0 Å². The van der Waals surface area contributed by atoms with Crippen LogP contribution in [0.1, 0.15) is 13.8 Å². The standard InChI is InChI=1S/C3H6N2O4/c1-3(2,4(6)7)5(8)9/h1-2H3. The average molecular weight is 134 g/mol. The van der Waals surface area contributed by atoms with Crippen LogP contribution in [0.2, 0.25) is 0 Å². The molecule has 0 aliphatic carbocycles. The van der Waals surface area contributed by atoms with Crippen molar-refractivity contribution in [3.8, 4) is 0 Å². The normalized spacial score (nSPS) is 10.9.